The Morgan fingerprint density at radius 3 is 2.60 bits per heavy atom. The zero-order valence-electron chi connectivity index (χ0n) is 12.9. The lowest BCUT2D eigenvalue weighted by Gasteiger charge is -2.42. The Morgan fingerprint density at radius 2 is 2.05 bits per heavy atom. The van der Waals surface area contributed by atoms with Crippen LogP contribution in [-0.4, -0.2) is 47.6 Å². The van der Waals surface area contributed by atoms with Gasteiger partial charge in [0.05, 0.1) is 12.1 Å². The summed E-state index contributed by atoms with van der Waals surface area (Å²) in [6, 6.07) is -0.839. The van der Waals surface area contributed by atoms with Gasteiger partial charge in [0.15, 0.2) is 0 Å². The number of amides is 2. The van der Waals surface area contributed by atoms with Crippen molar-refractivity contribution in [2.75, 3.05) is 6.61 Å². The average Bonchev–Trinajstić information content (AvgIpc) is 2.89. The maximum Gasteiger partial charge on any atom is 0.246 e. The molecule has 0 aliphatic carbocycles. The third-order valence-corrected chi connectivity index (χ3v) is 4.31. The number of ether oxygens (including phenoxy) is 1. The summed E-state index contributed by atoms with van der Waals surface area (Å²) in [5.41, 5.74) is 0. The van der Waals surface area contributed by atoms with Crippen molar-refractivity contribution >= 4 is 11.8 Å². The molecule has 0 aromatic rings. The first-order chi connectivity index (χ1) is 9.41. The third-order valence-electron chi connectivity index (χ3n) is 4.31. The van der Waals surface area contributed by atoms with E-state index in [2.05, 4.69) is 19.2 Å². The van der Waals surface area contributed by atoms with E-state index in [1.54, 1.807) is 11.8 Å². The highest BCUT2D eigenvalue weighted by atomic mass is 16.5. The van der Waals surface area contributed by atoms with Crippen LogP contribution in [-0.2, 0) is 14.3 Å². The summed E-state index contributed by atoms with van der Waals surface area (Å²) in [6.45, 7) is 8.67. The van der Waals surface area contributed by atoms with E-state index in [0.29, 0.717) is 12.3 Å². The first-order valence-electron chi connectivity index (χ1n) is 7.66. The van der Waals surface area contributed by atoms with Crippen LogP contribution >= 0.6 is 0 Å². The van der Waals surface area contributed by atoms with E-state index in [0.717, 1.165) is 19.4 Å². The first-order valence-corrected chi connectivity index (χ1v) is 7.66. The fourth-order valence-electron chi connectivity index (χ4n) is 3.20. The maximum atomic E-state index is 12.7. The minimum absolute atomic E-state index is 0.0359. The van der Waals surface area contributed by atoms with E-state index in [-0.39, 0.29) is 30.0 Å². The third kappa shape index (κ3) is 2.97. The predicted molar refractivity (Wildman–Crippen MR) is 76.1 cm³/mol. The van der Waals surface area contributed by atoms with Crippen LogP contribution in [0.1, 0.15) is 47.0 Å². The Kier molecular flexibility index (Phi) is 4.68. The Labute approximate surface area is 121 Å². The molecule has 2 amide bonds. The number of hydrogen-bond donors (Lipinski definition) is 1. The van der Waals surface area contributed by atoms with Gasteiger partial charge in [-0.1, -0.05) is 13.8 Å². The molecule has 5 heteroatoms. The second kappa shape index (κ2) is 6.12. The van der Waals surface area contributed by atoms with Crippen molar-refractivity contribution in [3.8, 4) is 0 Å². The number of carbonyl (C=O) groups excluding carboxylic acids is 2. The fraction of sp³-hybridized carbons (Fsp3) is 0.867. The monoisotopic (exact) mass is 282 g/mol. The maximum absolute atomic E-state index is 12.7. The second-order valence-corrected chi connectivity index (χ2v) is 6.40. The molecule has 0 saturated carbocycles. The zero-order chi connectivity index (χ0) is 14.9. The SMILES string of the molecule is CC(C)CC1NC(=O)C(C)N(C(C)C2CCCO2)C1=O. The van der Waals surface area contributed by atoms with Crippen molar-refractivity contribution in [3.63, 3.8) is 0 Å². The summed E-state index contributed by atoms with van der Waals surface area (Å²) < 4.78 is 5.69. The molecule has 0 aromatic carbocycles. The molecule has 4 atom stereocenters. The minimum atomic E-state index is -0.412. The molecule has 2 aliphatic heterocycles. The normalized spacial score (nSPS) is 32.6. The summed E-state index contributed by atoms with van der Waals surface area (Å²) in [4.78, 5) is 26.5. The van der Waals surface area contributed by atoms with Gasteiger partial charge in [0.25, 0.3) is 0 Å². The van der Waals surface area contributed by atoms with E-state index in [4.69, 9.17) is 4.74 Å². The molecule has 0 bridgehead atoms. The molecule has 1 N–H and O–H groups in total. The van der Waals surface area contributed by atoms with Crippen LogP contribution in [0.5, 0.6) is 0 Å². The Morgan fingerprint density at radius 1 is 1.35 bits per heavy atom. The topological polar surface area (TPSA) is 58.6 Å². The largest absolute Gasteiger partial charge is 0.376 e. The van der Waals surface area contributed by atoms with Gasteiger partial charge in [0, 0.05) is 6.61 Å². The lowest BCUT2D eigenvalue weighted by Crippen LogP contribution is -2.66. The van der Waals surface area contributed by atoms with Crippen LogP contribution in [0.3, 0.4) is 0 Å². The van der Waals surface area contributed by atoms with Gasteiger partial charge in [-0.2, -0.15) is 0 Å². The Hall–Kier alpha value is -1.10. The van der Waals surface area contributed by atoms with Crippen LogP contribution in [0.25, 0.3) is 0 Å². The summed E-state index contributed by atoms with van der Waals surface area (Å²) in [5, 5.41) is 2.85. The number of hydrogen-bond acceptors (Lipinski definition) is 3. The van der Waals surface area contributed by atoms with Crippen molar-refractivity contribution in [1.82, 2.24) is 10.2 Å². The predicted octanol–water partition coefficient (Wildman–Crippen LogP) is 1.32. The molecule has 20 heavy (non-hydrogen) atoms. The van der Waals surface area contributed by atoms with Crippen molar-refractivity contribution in [1.29, 1.82) is 0 Å². The molecular formula is C15H26N2O3. The molecule has 4 unspecified atom stereocenters. The summed E-state index contributed by atoms with van der Waals surface area (Å²) in [6.07, 6.45) is 2.75. The highest BCUT2D eigenvalue weighted by molar-refractivity contribution is 5.96. The molecule has 0 radical (unpaired) electrons. The molecule has 2 fully saturated rings. The van der Waals surface area contributed by atoms with Crippen LogP contribution in [0.15, 0.2) is 0 Å². The number of piperazine rings is 1. The average molecular weight is 282 g/mol. The van der Waals surface area contributed by atoms with Gasteiger partial charge in [-0.25, -0.2) is 0 Å². The first kappa shape index (κ1) is 15.3. The van der Waals surface area contributed by atoms with Crippen molar-refractivity contribution in [2.45, 2.75) is 71.2 Å². The van der Waals surface area contributed by atoms with E-state index >= 15 is 0 Å². The van der Waals surface area contributed by atoms with Crippen LogP contribution in [0, 0.1) is 5.92 Å². The molecule has 5 nitrogen and oxygen atoms in total. The molecule has 2 rings (SSSR count). The van der Waals surface area contributed by atoms with Crippen molar-refractivity contribution in [3.05, 3.63) is 0 Å². The van der Waals surface area contributed by atoms with Gasteiger partial charge in [-0.15, -0.1) is 0 Å². The molecule has 114 valence electrons. The van der Waals surface area contributed by atoms with Gasteiger partial charge in [-0.3, -0.25) is 9.59 Å². The minimum Gasteiger partial charge on any atom is -0.376 e. The summed E-state index contributed by atoms with van der Waals surface area (Å²) in [5.74, 6) is 0.353. The summed E-state index contributed by atoms with van der Waals surface area (Å²) >= 11 is 0. The molecule has 2 heterocycles. The lowest BCUT2D eigenvalue weighted by atomic mass is 9.96. The van der Waals surface area contributed by atoms with Crippen LogP contribution in [0.2, 0.25) is 0 Å². The van der Waals surface area contributed by atoms with Crippen molar-refractivity contribution < 1.29 is 14.3 Å². The van der Waals surface area contributed by atoms with Crippen molar-refractivity contribution in [2.24, 2.45) is 5.92 Å². The number of carbonyl (C=O) groups is 2. The number of nitrogens with one attached hydrogen (secondary N) is 1. The van der Waals surface area contributed by atoms with E-state index < -0.39 is 6.04 Å². The van der Waals surface area contributed by atoms with Gasteiger partial charge in [0.2, 0.25) is 11.8 Å². The fourth-order valence-corrected chi connectivity index (χ4v) is 3.20. The molecule has 2 saturated heterocycles. The van der Waals surface area contributed by atoms with Crippen LogP contribution < -0.4 is 5.32 Å². The molecule has 0 aromatic heterocycles. The lowest BCUT2D eigenvalue weighted by molar-refractivity contribution is -0.154. The second-order valence-electron chi connectivity index (χ2n) is 6.40. The number of nitrogens with zero attached hydrogens (tertiary/aromatic N) is 1. The Bertz CT molecular complexity index is 377. The van der Waals surface area contributed by atoms with E-state index in [1.807, 2.05) is 6.92 Å². The van der Waals surface area contributed by atoms with Crippen LogP contribution in [0.4, 0.5) is 0 Å². The summed E-state index contributed by atoms with van der Waals surface area (Å²) in [7, 11) is 0. The quantitative estimate of drug-likeness (QED) is 0.846. The van der Waals surface area contributed by atoms with Gasteiger partial charge in [0.1, 0.15) is 12.1 Å². The number of rotatable bonds is 4. The van der Waals surface area contributed by atoms with E-state index in [1.165, 1.54) is 0 Å². The van der Waals surface area contributed by atoms with E-state index in [9.17, 15) is 9.59 Å². The molecular weight excluding hydrogens is 256 g/mol. The Balaban J connectivity index is 2.14. The van der Waals surface area contributed by atoms with Gasteiger partial charge < -0.3 is 15.0 Å². The smallest absolute Gasteiger partial charge is 0.246 e. The van der Waals surface area contributed by atoms with Gasteiger partial charge in [-0.05, 0) is 39.0 Å². The standard InChI is InChI=1S/C15H26N2O3/c1-9(2)8-12-15(19)17(11(4)14(18)16-12)10(3)13-6-5-7-20-13/h9-13H,5-8H2,1-4H3,(H,16,18). The molecule has 0 spiro atoms. The highest BCUT2D eigenvalue weighted by Gasteiger charge is 2.43. The zero-order valence-corrected chi connectivity index (χ0v) is 12.9. The van der Waals surface area contributed by atoms with Gasteiger partial charge >= 0.3 is 0 Å². The molecule has 2 aliphatic rings. The highest BCUT2D eigenvalue weighted by Crippen LogP contribution is 2.25.